The minimum absolute atomic E-state index is 0.0327. The average Bonchev–Trinajstić information content (AvgIpc) is 3.47. The fourth-order valence-corrected chi connectivity index (χ4v) is 10.6. The Bertz CT molecular complexity index is 1570. The standard InChI is InChI=1S/C35H37F3O5S/c1-32-13-11-24(39)16-23(32)9-10-25-26-17-28-35(33(26,2)18-27(40)30(25)32,43-29(42-28)12-14-34(36,37)38)31(41)44-19-20-7-8-21-5-3-4-6-22(21)15-20/h3-8,11,13,15-16,25-30,40H,9-10,12,14,17-19H2,1-2H3/t25?,26?,27-,28+,29?,30?,32?,33?,35-/m0/s1. The van der Waals surface area contributed by atoms with Gasteiger partial charge in [0.2, 0.25) is 5.12 Å². The predicted molar refractivity (Wildman–Crippen MR) is 161 cm³/mol. The van der Waals surface area contributed by atoms with E-state index in [4.69, 9.17) is 9.47 Å². The number of ether oxygens (including phenoxy) is 2. The fourth-order valence-electron chi connectivity index (χ4n) is 9.48. The summed E-state index contributed by atoms with van der Waals surface area (Å²) in [5, 5.41) is 13.8. The summed E-state index contributed by atoms with van der Waals surface area (Å²) in [6.07, 6.45) is -1.03. The van der Waals surface area contributed by atoms with Crippen LogP contribution in [0.2, 0.25) is 0 Å². The molecule has 9 atom stereocenters. The lowest BCUT2D eigenvalue weighted by Crippen LogP contribution is -2.62. The summed E-state index contributed by atoms with van der Waals surface area (Å²) in [6.45, 7) is 4.07. The Morgan fingerprint density at radius 2 is 1.91 bits per heavy atom. The van der Waals surface area contributed by atoms with Crippen molar-refractivity contribution in [2.45, 2.75) is 88.4 Å². The highest BCUT2D eigenvalue weighted by atomic mass is 32.2. The number of aliphatic hydroxyl groups is 1. The average molecular weight is 627 g/mol. The van der Waals surface area contributed by atoms with E-state index in [0.29, 0.717) is 18.6 Å². The molecule has 234 valence electrons. The Balaban J connectivity index is 1.21. The molecule has 2 aromatic carbocycles. The summed E-state index contributed by atoms with van der Waals surface area (Å²) in [6, 6.07) is 14.0. The maximum Gasteiger partial charge on any atom is 0.389 e. The minimum atomic E-state index is -4.37. The Hall–Kier alpha value is -2.46. The molecule has 5 nitrogen and oxygen atoms in total. The van der Waals surface area contributed by atoms with E-state index in [1.807, 2.05) is 55.5 Å². The first kappa shape index (κ1) is 30.2. The van der Waals surface area contributed by atoms with Gasteiger partial charge in [-0.05, 0) is 66.0 Å². The second-order valence-corrected chi connectivity index (χ2v) is 14.7. The summed E-state index contributed by atoms with van der Waals surface area (Å²) < 4.78 is 52.3. The predicted octanol–water partition coefficient (Wildman–Crippen LogP) is 7.31. The zero-order valence-electron chi connectivity index (χ0n) is 24.8. The molecular formula is C35H37F3O5S. The molecule has 7 rings (SSSR count). The summed E-state index contributed by atoms with van der Waals surface area (Å²) >= 11 is 1.13. The number of benzene rings is 2. The van der Waals surface area contributed by atoms with Gasteiger partial charge in [-0.2, -0.15) is 13.2 Å². The maximum absolute atomic E-state index is 14.5. The van der Waals surface area contributed by atoms with Crippen LogP contribution in [0, 0.1) is 28.6 Å². The molecule has 5 aliphatic rings. The van der Waals surface area contributed by atoms with Gasteiger partial charge < -0.3 is 14.6 Å². The lowest BCUT2D eigenvalue weighted by atomic mass is 9.46. The highest BCUT2D eigenvalue weighted by Crippen LogP contribution is 2.70. The molecule has 1 heterocycles. The van der Waals surface area contributed by atoms with Crippen molar-refractivity contribution in [3.8, 4) is 0 Å². The molecule has 0 aromatic heterocycles. The van der Waals surface area contributed by atoms with E-state index in [-0.39, 0.29) is 41.5 Å². The zero-order chi connectivity index (χ0) is 31.1. The van der Waals surface area contributed by atoms with Crippen LogP contribution in [0.1, 0.15) is 57.9 Å². The van der Waals surface area contributed by atoms with Gasteiger partial charge in [0, 0.05) is 35.3 Å². The van der Waals surface area contributed by atoms with Crippen LogP contribution >= 0.6 is 11.8 Å². The maximum atomic E-state index is 14.5. The van der Waals surface area contributed by atoms with Crippen molar-refractivity contribution in [2.24, 2.45) is 28.6 Å². The van der Waals surface area contributed by atoms with Gasteiger partial charge in [-0.25, -0.2) is 0 Å². The second-order valence-electron chi connectivity index (χ2n) is 13.8. The quantitative estimate of drug-likeness (QED) is 0.375. The highest BCUT2D eigenvalue weighted by Gasteiger charge is 2.76. The van der Waals surface area contributed by atoms with Crippen LogP contribution < -0.4 is 0 Å². The molecule has 1 N–H and O–H groups in total. The number of ketones is 1. The topological polar surface area (TPSA) is 72.8 Å². The number of hydrogen-bond donors (Lipinski definition) is 1. The normalized spacial score (nSPS) is 39.4. The molecular weight excluding hydrogens is 589 g/mol. The van der Waals surface area contributed by atoms with Crippen molar-refractivity contribution in [3.05, 3.63) is 71.8 Å². The van der Waals surface area contributed by atoms with Crippen molar-refractivity contribution in [2.75, 3.05) is 0 Å². The number of hydrogen-bond acceptors (Lipinski definition) is 6. The number of thioether (sulfide) groups is 1. The van der Waals surface area contributed by atoms with E-state index >= 15 is 0 Å². The first-order valence-electron chi connectivity index (χ1n) is 15.5. The number of carbonyl (C=O) groups is 2. The lowest BCUT2D eigenvalue weighted by Gasteiger charge is -2.59. The number of allylic oxidation sites excluding steroid dienone is 4. The largest absolute Gasteiger partial charge is 0.393 e. The zero-order valence-corrected chi connectivity index (χ0v) is 25.6. The molecule has 6 unspecified atom stereocenters. The van der Waals surface area contributed by atoms with Gasteiger partial charge in [-0.15, -0.1) is 0 Å². The van der Waals surface area contributed by atoms with Gasteiger partial charge in [0.25, 0.3) is 0 Å². The first-order valence-corrected chi connectivity index (χ1v) is 16.5. The van der Waals surface area contributed by atoms with E-state index in [0.717, 1.165) is 40.1 Å². The molecule has 9 heteroatoms. The summed E-state index contributed by atoms with van der Waals surface area (Å²) in [7, 11) is 0. The monoisotopic (exact) mass is 626 g/mol. The molecule has 3 saturated carbocycles. The number of aliphatic hydroxyl groups excluding tert-OH is 1. The Morgan fingerprint density at radius 1 is 1.14 bits per heavy atom. The van der Waals surface area contributed by atoms with Crippen LogP contribution in [0.3, 0.4) is 0 Å². The van der Waals surface area contributed by atoms with Crippen LogP contribution in [0.4, 0.5) is 13.2 Å². The van der Waals surface area contributed by atoms with Crippen molar-refractivity contribution in [3.63, 3.8) is 0 Å². The molecule has 0 amide bonds. The Labute approximate surface area is 259 Å². The second kappa shape index (κ2) is 10.5. The number of carbonyl (C=O) groups excluding carboxylic acids is 2. The van der Waals surface area contributed by atoms with Gasteiger partial charge in [-0.1, -0.05) is 79.7 Å². The van der Waals surface area contributed by atoms with E-state index in [1.54, 1.807) is 12.2 Å². The van der Waals surface area contributed by atoms with Crippen LogP contribution in [-0.2, 0) is 24.8 Å². The molecule has 0 radical (unpaired) electrons. The third-order valence-electron chi connectivity index (χ3n) is 11.4. The number of fused-ring (bicyclic) bond motifs is 8. The molecule has 4 fully saturated rings. The Morgan fingerprint density at radius 3 is 2.68 bits per heavy atom. The van der Waals surface area contributed by atoms with Crippen LogP contribution in [0.15, 0.2) is 66.3 Å². The first-order chi connectivity index (χ1) is 20.8. The van der Waals surface area contributed by atoms with Crippen LogP contribution in [0.25, 0.3) is 10.8 Å². The van der Waals surface area contributed by atoms with Gasteiger partial charge in [-0.3, -0.25) is 9.59 Å². The van der Waals surface area contributed by atoms with Crippen LogP contribution in [-0.4, -0.2) is 46.3 Å². The summed E-state index contributed by atoms with van der Waals surface area (Å²) in [5.74, 6) is 0.183. The van der Waals surface area contributed by atoms with Crippen molar-refractivity contribution < 1.29 is 37.3 Å². The van der Waals surface area contributed by atoms with E-state index in [1.165, 1.54) is 0 Å². The SMILES string of the molecule is CC12C=CC(=O)C=C1CCC1C2[C@@H](O)CC2(C)C1C[C@H]1OC(CCC(F)(F)F)O[C@]12C(=O)SCc1ccc2ccccc2c1. The third kappa shape index (κ3) is 4.64. The van der Waals surface area contributed by atoms with Gasteiger partial charge in [0.05, 0.1) is 12.2 Å². The number of halogens is 3. The number of alkyl halides is 3. The van der Waals surface area contributed by atoms with E-state index in [9.17, 15) is 27.9 Å². The number of rotatable bonds is 5. The van der Waals surface area contributed by atoms with E-state index < -0.39 is 47.5 Å². The van der Waals surface area contributed by atoms with Crippen LogP contribution in [0.5, 0.6) is 0 Å². The molecule has 2 aromatic rings. The summed E-state index contributed by atoms with van der Waals surface area (Å²) in [4.78, 5) is 26.7. The molecule has 0 spiro atoms. The lowest BCUT2D eigenvalue weighted by molar-refractivity contribution is -0.201. The van der Waals surface area contributed by atoms with E-state index in [2.05, 4.69) is 6.92 Å². The molecule has 1 saturated heterocycles. The smallest absolute Gasteiger partial charge is 0.389 e. The highest BCUT2D eigenvalue weighted by molar-refractivity contribution is 8.13. The summed E-state index contributed by atoms with van der Waals surface area (Å²) in [5.41, 5.74) is -0.803. The molecule has 4 aliphatic carbocycles. The Kier molecular flexibility index (Phi) is 7.24. The van der Waals surface area contributed by atoms with Gasteiger partial charge in [0.1, 0.15) is 0 Å². The third-order valence-corrected chi connectivity index (χ3v) is 12.5. The molecule has 44 heavy (non-hydrogen) atoms. The van der Waals surface area contributed by atoms with Gasteiger partial charge in [0.15, 0.2) is 17.7 Å². The van der Waals surface area contributed by atoms with Gasteiger partial charge >= 0.3 is 6.18 Å². The van der Waals surface area contributed by atoms with Crippen molar-refractivity contribution >= 4 is 33.4 Å². The molecule has 1 aliphatic heterocycles. The molecule has 0 bridgehead atoms. The minimum Gasteiger partial charge on any atom is -0.393 e. The van der Waals surface area contributed by atoms with Crippen molar-refractivity contribution in [1.29, 1.82) is 0 Å². The van der Waals surface area contributed by atoms with Crippen molar-refractivity contribution in [1.82, 2.24) is 0 Å². The fraction of sp³-hybridized carbons (Fsp3) is 0.543.